The first-order chi connectivity index (χ1) is 16.3. The lowest BCUT2D eigenvalue weighted by Gasteiger charge is -2.14. The van der Waals surface area contributed by atoms with Crippen molar-refractivity contribution < 1.29 is 24.2 Å². The van der Waals surface area contributed by atoms with Crippen LogP contribution in [0.15, 0.2) is 65.8 Å². The zero-order chi connectivity index (χ0) is 24.2. The van der Waals surface area contributed by atoms with Gasteiger partial charge in [-0.3, -0.25) is 19.4 Å². The van der Waals surface area contributed by atoms with Crippen molar-refractivity contribution in [3.8, 4) is 17.0 Å². The van der Waals surface area contributed by atoms with Crippen LogP contribution in [0.2, 0.25) is 0 Å². The van der Waals surface area contributed by atoms with Gasteiger partial charge < -0.3 is 20.1 Å². The summed E-state index contributed by atoms with van der Waals surface area (Å²) in [6.07, 6.45) is 3.43. The maximum Gasteiger partial charge on any atom is 0.305 e. The smallest absolute Gasteiger partial charge is 0.305 e. The number of benzene rings is 1. The van der Waals surface area contributed by atoms with Gasteiger partial charge in [-0.1, -0.05) is 30.3 Å². The number of carboxylic acids is 1. The second-order valence-corrected chi connectivity index (χ2v) is 7.47. The minimum absolute atomic E-state index is 0.00887. The number of halogens is 1. The summed E-state index contributed by atoms with van der Waals surface area (Å²) in [5.74, 6) is -3.16. The van der Waals surface area contributed by atoms with Gasteiger partial charge in [0.15, 0.2) is 11.4 Å². The maximum absolute atomic E-state index is 13.9. The summed E-state index contributed by atoms with van der Waals surface area (Å²) in [5, 5.41) is 22.0. The molecule has 4 aromatic rings. The van der Waals surface area contributed by atoms with E-state index in [0.29, 0.717) is 0 Å². The Labute approximate surface area is 192 Å². The molecular formula is C24H19FN4O5. The van der Waals surface area contributed by atoms with Crippen molar-refractivity contribution in [1.29, 1.82) is 0 Å². The lowest BCUT2D eigenvalue weighted by Crippen LogP contribution is -2.28. The third-order valence-electron chi connectivity index (χ3n) is 5.12. The number of pyridine rings is 3. The number of rotatable bonds is 7. The van der Waals surface area contributed by atoms with Crippen molar-refractivity contribution in [2.45, 2.75) is 13.0 Å². The summed E-state index contributed by atoms with van der Waals surface area (Å²) in [5.41, 5.74) is 0.0536. The van der Waals surface area contributed by atoms with Gasteiger partial charge in [0.25, 0.3) is 11.5 Å². The number of carbonyl (C=O) groups excluding carboxylic acids is 1. The van der Waals surface area contributed by atoms with Crippen LogP contribution < -0.4 is 10.9 Å². The van der Waals surface area contributed by atoms with Gasteiger partial charge in [-0.05, 0) is 17.7 Å². The van der Waals surface area contributed by atoms with Crippen molar-refractivity contribution in [2.24, 2.45) is 0 Å². The fraction of sp³-hybridized carbons (Fsp3) is 0.125. The van der Waals surface area contributed by atoms with Crippen LogP contribution in [0.1, 0.15) is 22.5 Å². The molecule has 0 aliphatic heterocycles. The second kappa shape index (κ2) is 9.49. The highest BCUT2D eigenvalue weighted by molar-refractivity contribution is 6.05. The van der Waals surface area contributed by atoms with Crippen LogP contribution in [0.3, 0.4) is 0 Å². The molecule has 10 heteroatoms. The molecule has 172 valence electrons. The molecule has 0 aliphatic carbocycles. The molecule has 0 saturated heterocycles. The average Bonchev–Trinajstić information content (AvgIpc) is 2.81. The SMILES string of the molecule is O=C(O)CCNC(=O)c1nc(-c2cncc(F)c2)c2c(=O)n(Cc3ccccc3)ccc2c1O. The zero-order valence-corrected chi connectivity index (χ0v) is 17.7. The van der Waals surface area contributed by atoms with Crippen LogP contribution in [0, 0.1) is 5.82 Å². The first-order valence-electron chi connectivity index (χ1n) is 10.3. The Balaban J connectivity index is 1.90. The van der Waals surface area contributed by atoms with Crippen molar-refractivity contribution in [1.82, 2.24) is 19.9 Å². The van der Waals surface area contributed by atoms with E-state index in [-0.39, 0.29) is 41.5 Å². The molecule has 0 fully saturated rings. The molecule has 34 heavy (non-hydrogen) atoms. The molecule has 9 nitrogen and oxygen atoms in total. The number of amides is 1. The van der Waals surface area contributed by atoms with E-state index >= 15 is 0 Å². The first kappa shape index (κ1) is 22.6. The van der Waals surface area contributed by atoms with E-state index in [1.165, 1.54) is 23.0 Å². The molecule has 4 rings (SSSR count). The lowest BCUT2D eigenvalue weighted by atomic mass is 10.0. The second-order valence-electron chi connectivity index (χ2n) is 7.47. The minimum Gasteiger partial charge on any atom is -0.505 e. The summed E-state index contributed by atoms with van der Waals surface area (Å²) in [6.45, 7) is 0.0531. The van der Waals surface area contributed by atoms with Gasteiger partial charge in [0.05, 0.1) is 30.2 Å². The van der Waals surface area contributed by atoms with Crippen LogP contribution in [-0.2, 0) is 11.3 Å². The Morgan fingerprint density at radius 1 is 1.12 bits per heavy atom. The summed E-state index contributed by atoms with van der Waals surface area (Å²) in [4.78, 5) is 44.8. The van der Waals surface area contributed by atoms with Crippen LogP contribution in [0.25, 0.3) is 22.0 Å². The molecule has 0 atom stereocenters. The van der Waals surface area contributed by atoms with E-state index in [1.54, 1.807) is 0 Å². The number of aromatic hydroxyl groups is 1. The Hall–Kier alpha value is -4.60. The number of hydrogen-bond donors (Lipinski definition) is 3. The molecule has 0 saturated carbocycles. The number of hydrogen-bond acceptors (Lipinski definition) is 6. The number of nitrogens with one attached hydrogen (secondary N) is 1. The third-order valence-corrected chi connectivity index (χ3v) is 5.12. The largest absolute Gasteiger partial charge is 0.505 e. The molecule has 0 spiro atoms. The monoisotopic (exact) mass is 462 g/mol. The van der Waals surface area contributed by atoms with Gasteiger partial charge in [-0.25, -0.2) is 9.37 Å². The fourth-order valence-electron chi connectivity index (χ4n) is 3.53. The predicted octanol–water partition coefficient (Wildman–Crippen LogP) is 2.56. The molecule has 0 aliphatic rings. The summed E-state index contributed by atoms with van der Waals surface area (Å²) < 4.78 is 15.4. The highest BCUT2D eigenvalue weighted by atomic mass is 19.1. The number of carbonyl (C=O) groups is 2. The molecule has 3 N–H and O–H groups in total. The number of nitrogens with zero attached hydrogens (tertiary/aromatic N) is 3. The van der Waals surface area contributed by atoms with E-state index in [2.05, 4.69) is 15.3 Å². The van der Waals surface area contributed by atoms with Crippen LogP contribution in [0.4, 0.5) is 4.39 Å². The van der Waals surface area contributed by atoms with E-state index in [0.717, 1.165) is 17.8 Å². The predicted molar refractivity (Wildman–Crippen MR) is 121 cm³/mol. The van der Waals surface area contributed by atoms with Crippen LogP contribution >= 0.6 is 0 Å². The Kier molecular flexibility index (Phi) is 6.30. The third kappa shape index (κ3) is 4.60. The zero-order valence-electron chi connectivity index (χ0n) is 17.7. The molecule has 3 aromatic heterocycles. The Morgan fingerprint density at radius 2 is 1.88 bits per heavy atom. The van der Waals surface area contributed by atoms with Gasteiger partial charge in [0.1, 0.15) is 5.82 Å². The Bertz CT molecular complexity index is 1450. The van der Waals surface area contributed by atoms with Crippen molar-refractivity contribution in [2.75, 3.05) is 6.54 Å². The van der Waals surface area contributed by atoms with Crippen LogP contribution in [0.5, 0.6) is 5.75 Å². The number of fused-ring (bicyclic) bond motifs is 1. The summed E-state index contributed by atoms with van der Waals surface area (Å²) >= 11 is 0. The van der Waals surface area contributed by atoms with Gasteiger partial charge >= 0.3 is 5.97 Å². The Morgan fingerprint density at radius 3 is 2.59 bits per heavy atom. The topological polar surface area (TPSA) is 134 Å². The highest BCUT2D eigenvalue weighted by Gasteiger charge is 2.23. The molecular weight excluding hydrogens is 443 g/mol. The average molecular weight is 462 g/mol. The summed E-state index contributed by atoms with van der Waals surface area (Å²) in [6, 6.07) is 11.8. The van der Waals surface area contributed by atoms with Crippen molar-refractivity contribution in [3.05, 3.63) is 88.5 Å². The van der Waals surface area contributed by atoms with Crippen molar-refractivity contribution in [3.63, 3.8) is 0 Å². The number of aliphatic carboxylic acids is 1. The van der Waals surface area contributed by atoms with Gasteiger partial charge in [0, 0.05) is 29.9 Å². The van der Waals surface area contributed by atoms with Gasteiger partial charge in [0.2, 0.25) is 0 Å². The molecule has 3 heterocycles. The lowest BCUT2D eigenvalue weighted by molar-refractivity contribution is -0.136. The van der Waals surface area contributed by atoms with E-state index in [1.807, 2.05) is 30.3 Å². The van der Waals surface area contributed by atoms with E-state index in [4.69, 9.17) is 5.11 Å². The quantitative estimate of drug-likeness (QED) is 0.384. The summed E-state index contributed by atoms with van der Waals surface area (Å²) in [7, 11) is 0. The maximum atomic E-state index is 13.9. The van der Waals surface area contributed by atoms with Crippen molar-refractivity contribution >= 4 is 22.6 Å². The molecule has 0 radical (unpaired) electrons. The van der Waals surface area contributed by atoms with Crippen LogP contribution in [-0.4, -0.2) is 43.2 Å². The number of carboxylic acid groups (broad SMARTS) is 1. The minimum atomic E-state index is -1.11. The standard InChI is InChI=1S/C24H19FN4O5/c25-16-10-15(11-26-12-16)20-19-17(22(32)21(28-20)23(33)27-8-6-18(30)31)7-9-29(24(19)34)13-14-4-2-1-3-5-14/h1-5,7,9-12,32H,6,8,13H2,(H,27,33)(H,30,31). The fourth-order valence-corrected chi connectivity index (χ4v) is 3.53. The highest BCUT2D eigenvalue weighted by Crippen LogP contribution is 2.32. The molecule has 1 amide bonds. The molecule has 0 bridgehead atoms. The van der Waals surface area contributed by atoms with E-state index < -0.39 is 34.7 Å². The van der Waals surface area contributed by atoms with Gasteiger partial charge in [-0.2, -0.15) is 0 Å². The molecule has 0 unspecified atom stereocenters. The first-order valence-corrected chi connectivity index (χ1v) is 10.3. The molecule has 1 aromatic carbocycles. The number of aromatic nitrogens is 3. The van der Waals surface area contributed by atoms with Gasteiger partial charge in [-0.15, -0.1) is 0 Å². The normalized spacial score (nSPS) is 10.9. The van der Waals surface area contributed by atoms with E-state index in [9.17, 15) is 23.9 Å².